The van der Waals surface area contributed by atoms with Crippen molar-refractivity contribution in [2.75, 3.05) is 31.6 Å². The molecule has 1 fully saturated rings. The van der Waals surface area contributed by atoms with E-state index in [2.05, 4.69) is 40.9 Å². The van der Waals surface area contributed by atoms with E-state index in [0.717, 1.165) is 42.3 Å². The molecule has 9 heteroatoms. The van der Waals surface area contributed by atoms with Crippen molar-refractivity contribution >= 4 is 22.7 Å². The third-order valence-electron chi connectivity index (χ3n) is 5.65. The minimum Gasteiger partial charge on any atom is -0.433 e. The summed E-state index contributed by atoms with van der Waals surface area (Å²) in [4.78, 5) is 11.0. The number of benzene rings is 2. The number of imidazole rings is 1. The number of aromatic nitrogens is 2. The number of ether oxygens (including phenoxy) is 1. The molecule has 2 N–H and O–H groups in total. The third-order valence-corrected chi connectivity index (χ3v) is 5.65. The van der Waals surface area contributed by atoms with Crippen LogP contribution in [0.5, 0.6) is 5.75 Å². The van der Waals surface area contributed by atoms with E-state index in [1.54, 1.807) is 19.2 Å². The zero-order valence-electron chi connectivity index (χ0n) is 18.3. The Labute approximate surface area is 186 Å². The normalized spacial score (nSPS) is 16.7. The van der Waals surface area contributed by atoms with Gasteiger partial charge in [-0.3, -0.25) is 4.99 Å². The summed E-state index contributed by atoms with van der Waals surface area (Å²) in [6, 6.07) is 15.2. The van der Waals surface area contributed by atoms with Crippen LogP contribution in [-0.2, 0) is 6.54 Å². The number of alkyl halides is 2. The largest absolute Gasteiger partial charge is 0.433 e. The van der Waals surface area contributed by atoms with Gasteiger partial charge in [0.15, 0.2) is 5.96 Å². The Hall–Kier alpha value is -3.36. The molecule has 170 valence electrons. The summed E-state index contributed by atoms with van der Waals surface area (Å²) in [6.07, 6.45) is 0.870. The number of anilines is 1. The molecular weight excluding hydrogens is 414 g/mol. The number of aryl methyl sites for hydroxylation is 1. The fourth-order valence-corrected chi connectivity index (χ4v) is 4.16. The van der Waals surface area contributed by atoms with Gasteiger partial charge in [0.05, 0.1) is 16.7 Å². The molecule has 0 radical (unpaired) electrons. The summed E-state index contributed by atoms with van der Waals surface area (Å²) in [5.41, 5.74) is 2.79. The molecule has 0 spiro atoms. The molecule has 0 saturated carbocycles. The molecule has 2 heterocycles. The lowest BCUT2D eigenvalue weighted by molar-refractivity contribution is -0.0495. The highest BCUT2D eigenvalue weighted by molar-refractivity contribution is 5.80. The molecule has 1 aliphatic rings. The third kappa shape index (κ3) is 4.92. The van der Waals surface area contributed by atoms with Gasteiger partial charge in [-0.05, 0) is 37.6 Å². The quantitative estimate of drug-likeness (QED) is 0.434. The zero-order valence-corrected chi connectivity index (χ0v) is 18.3. The second kappa shape index (κ2) is 9.84. The number of nitrogens with one attached hydrogen (secondary N) is 2. The average Bonchev–Trinajstić information content (AvgIpc) is 3.37. The highest BCUT2D eigenvalue weighted by atomic mass is 19.3. The average molecular weight is 443 g/mol. The number of aliphatic imine (C=N–C) groups is 1. The number of guanidine groups is 1. The summed E-state index contributed by atoms with van der Waals surface area (Å²) < 4.78 is 32.3. The van der Waals surface area contributed by atoms with Crippen molar-refractivity contribution in [3.8, 4) is 5.75 Å². The first-order chi connectivity index (χ1) is 15.5. The molecule has 1 aliphatic heterocycles. The van der Waals surface area contributed by atoms with Crippen molar-refractivity contribution in [1.82, 2.24) is 20.2 Å². The van der Waals surface area contributed by atoms with E-state index in [1.807, 2.05) is 37.3 Å². The molecule has 7 nitrogen and oxygen atoms in total. The van der Waals surface area contributed by atoms with Crippen LogP contribution in [0.1, 0.15) is 12.2 Å². The monoisotopic (exact) mass is 442 g/mol. The predicted octanol–water partition coefficient (Wildman–Crippen LogP) is 3.39. The molecule has 1 saturated heterocycles. The highest BCUT2D eigenvalue weighted by Gasteiger charge is 2.26. The molecular formula is C23H28F2N6O. The van der Waals surface area contributed by atoms with Crippen molar-refractivity contribution in [3.63, 3.8) is 0 Å². The Morgan fingerprint density at radius 2 is 2.00 bits per heavy atom. The molecule has 1 aromatic heterocycles. The first-order valence-electron chi connectivity index (χ1n) is 10.7. The minimum absolute atomic E-state index is 0.150. The fourth-order valence-electron chi connectivity index (χ4n) is 4.16. The lowest BCUT2D eigenvalue weighted by Crippen LogP contribution is -2.45. The lowest BCUT2D eigenvalue weighted by Gasteiger charge is -2.22. The Balaban J connectivity index is 1.32. The van der Waals surface area contributed by atoms with Crippen molar-refractivity contribution < 1.29 is 13.5 Å². The van der Waals surface area contributed by atoms with Crippen LogP contribution in [0.25, 0.3) is 11.0 Å². The molecule has 1 atom stereocenters. The first-order valence-corrected chi connectivity index (χ1v) is 10.7. The molecule has 0 amide bonds. The number of nitrogens with zero attached hydrogens (tertiary/aromatic N) is 4. The fraction of sp³-hybridized carbons (Fsp3) is 0.391. The van der Waals surface area contributed by atoms with Crippen molar-refractivity contribution in [3.05, 3.63) is 54.4 Å². The van der Waals surface area contributed by atoms with Gasteiger partial charge in [0.1, 0.15) is 11.6 Å². The van der Waals surface area contributed by atoms with Gasteiger partial charge in [0, 0.05) is 39.3 Å². The van der Waals surface area contributed by atoms with Gasteiger partial charge in [0.25, 0.3) is 0 Å². The Morgan fingerprint density at radius 1 is 1.22 bits per heavy atom. The van der Waals surface area contributed by atoms with E-state index >= 15 is 0 Å². The predicted molar refractivity (Wildman–Crippen MR) is 123 cm³/mol. The molecule has 4 rings (SSSR count). The number of halogens is 2. The highest BCUT2D eigenvalue weighted by Crippen LogP contribution is 2.31. The minimum atomic E-state index is -2.84. The molecule has 32 heavy (non-hydrogen) atoms. The summed E-state index contributed by atoms with van der Waals surface area (Å²) in [6.45, 7) is 2.06. The number of hydrogen-bond donors (Lipinski definition) is 2. The maximum absolute atomic E-state index is 12.7. The van der Waals surface area contributed by atoms with Crippen LogP contribution in [0, 0.1) is 6.92 Å². The van der Waals surface area contributed by atoms with E-state index in [4.69, 9.17) is 0 Å². The van der Waals surface area contributed by atoms with E-state index in [0.29, 0.717) is 18.8 Å². The Bertz CT molecular complexity index is 1080. The van der Waals surface area contributed by atoms with Crippen LogP contribution in [0.3, 0.4) is 0 Å². The van der Waals surface area contributed by atoms with Crippen LogP contribution < -0.4 is 20.3 Å². The Kier molecular flexibility index (Phi) is 6.72. The van der Waals surface area contributed by atoms with Crippen LogP contribution in [0.15, 0.2) is 53.5 Å². The lowest BCUT2D eigenvalue weighted by atomic mass is 10.2. The van der Waals surface area contributed by atoms with Gasteiger partial charge in [-0.25, -0.2) is 4.98 Å². The van der Waals surface area contributed by atoms with Crippen LogP contribution in [0.2, 0.25) is 0 Å². The van der Waals surface area contributed by atoms with Gasteiger partial charge in [-0.2, -0.15) is 8.78 Å². The topological polar surface area (TPSA) is 66.7 Å². The Morgan fingerprint density at radius 3 is 2.81 bits per heavy atom. The standard InChI is InChI=1S/C23H28F2N6O/c1-16-28-18-7-3-4-8-19(18)31(16)14-12-27-23(26-2)29-17-11-13-30(15-17)20-9-5-6-10-21(20)32-22(24)25/h3-10,17,22H,11-15H2,1-2H3,(H2,26,27,29). The summed E-state index contributed by atoms with van der Waals surface area (Å²) in [5, 5.41) is 6.81. The van der Waals surface area contributed by atoms with Gasteiger partial charge in [-0.1, -0.05) is 24.3 Å². The summed E-state index contributed by atoms with van der Waals surface area (Å²) >= 11 is 0. The van der Waals surface area contributed by atoms with Crippen molar-refractivity contribution in [2.24, 2.45) is 4.99 Å². The van der Waals surface area contributed by atoms with E-state index < -0.39 is 6.61 Å². The molecule has 2 aromatic carbocycles. The molecule has 3 aromatic rings. The van der Waals surface area contributed by atoms with Crippen molar-refractivity contribution in [1.29, 1.82) is 0 Å². The molecule has 0 bridgehead atoms. The van der Waals surface area contributed by atoms with E-state index in [-0.39, 0.29) is 11.8 Å². The van der Waals surface area contributed by atoms with Gasteiger partial charge >= 0.3 is 6.61 Å². The van der Waals surface area contributed by atoms with Crippen molar-refractivity contribution in [2.45, 2.75) is 32.5 Å². The second-order valence-electron chi connectivity index (χ2n) is 7.72. The molecule has 1 unspecified atom stereocenters. The zero-order chi connectivity index (χ0) is 22.5. The number of fused-ring (bicyclic) bond motifs is 1. The first kappa shape index (κ1) is 21.9. The number of hydrogen-bond acceptors (Lipinski definition) is 4. The van der Waals surface area contributed by atoms with Crippen LogP contribution >= 0.6 is 0 Å². The van der Waals surface area contributed by atoms with Crippen LogP contribution in [0.4, 0.5) is 14.5 Å². The van der Waals surface area contributed by atoms with E-state index in [9.17, 15) is 8.78 Å². The smallest absolute Gasteiger partial charge is 0.387 e. The SMILES string of the molecule is CN=C(NCCn1c(C)nc2ccccc21)NC1CCN(c2ccccc2OC(F)F)C1. The van der Waals surface area contributed by atoms with Gasteiger partial charge < -0.3 is 24.8 Å². The maximum atomic E-state index is 12.7. The number of para-hydroxylation sites is 4. The number of rotatable bonds is 7. The summed E-state index contributed by atoms with van der Waals surface area (Å²) in [7, 11) is 1.74. The van der Waals surface area contributed by atoms with Gasteiger partial charge in [-0.15, -0.1) is 0 Å². The van der Waals surface area contributed by atoms with E-state index in [1.165, 1.54) is 0 Å². The van der Waals surface area contributed by atoms with Crippen LogP contribution in [-0.4, -0.2) is 54.8 Å². The summed E-state index contributed by atoms with van der Waals surface area (Å²) in [5.74, 6) is 1.90. The second-order valence-corrected chi connectivity index (χ2v) is 7.72. The van der Waals surface area contributed by atoms with Gasteiger partial charge in [0.2, 0.25) is 0 Å². The maximum Gasteiger partial charge on any atom is 0.387 e. The molecule has 0 aliphatic carbocycles.